The number of rotatable bonds is 13. The maximum Gasteiger partial charge on any atom is 0.249 e. The summed E-state index contributed by atoms with van der Waals surface area (Å²) >= 11 is 0. The van der Waals surface area contributed by atoms with Crippen LogP contribution in [0.15, 0.2) is 86.0 Å². The normalized spacial score (nSPS) is 29.0. The summed E-state index contributed by atoms with van der Waals surface area (Å²) in [5, 5.41) is 10.7. The zero-order valence-electron chi connectivity index (χ0n) is 27.0. The van der Waals surface area contributed by atoms with E-state index in [0.717, 1.165) is 5.56 Å². The van der Waals surface area contributed by atoms with Gasteiger partial charge in [0, 0.05) is 25.3 Å². The molecule has 5 rings (SSSR count). The average molecular weight is 614 g/mol. The van der Waals surface area contributed by atoms with Crippen LogP contribution < -0.4 is 4.90 Å². The molecule has 7 atom stereocenters. The molecular formula is C37H47N3O5. The molecule has 240 valence electrons. The van der Waals surface area contributed by atoms with E-state index in [1.54, 1.807) is 26.9 Å². The maximum atomic E-state index is 14.9. The lowest BCUT2D eigenvalue weighted by Crippen LogP contribution is -2.59. The van der Waals surface area contributed by atoms with Crippen LogP contribution in [0.4, 0.5) is 5.69 Å². The molecule has 1 spiro atoms. The highest BCUT2D eigenvalue weighted by Gasteiger charge is 2.80. The van der Waals surface area contributed by atoms with Gasteiger partial charge in [-0.15, -0.1) is 13.2 Å². The third-order valence-corrected chi connectivity index (χ3v) is 10.1. The molecule has 2 aromatic rings. The van der Waals surface area contributed by atoms with Crippen molar-refractivity contribution in [1.82, 2.24) is 9.80 Å². The molecule has 1 N–H and O–H groups in total. The van der Waals surface area contributed by atoms with E-state index in [9.17, 15) is 19.5 Å². The van der Waals surface area contributed by atoms with Crippen molar-refractivity contribution < 1.29 is 24.2 Å². The molecule has 0 radical (unpaired) electrons. The number of carbonyl (C=O) groups is 3. The number of anilines is 1. The molecule has 8 heteroatoms. The predicted octanol–water partition coefficient (Wildman–Crippen LogP) is 4.84. The minimum Gasteiger partial charge on any atom is -0.394 e. The standard InChI is InChI=1S/C37H47N3O5/c1-7-19-38(23-27-15-11-9-12-16-27)35(44)32-37-22-26(5)36(6,45-37)30(31(37)34(43)40(32)29(24-41)21-25(3)4)33(42)39(20-8-2)28-17-13-10-14-18-28/h7-18,25-26,29-32,41H,1-2,19-24H2,3-6H3/t26?,29-,30-,31+,32?,36+,37?/m1/s1. The SMILES string of the molecule is C=CCN(Cc1ccccc1)C(=O)C1N([C@@H](CO)CC(C)C)C(=O)[C@@H]2[C@H](C(=O)N(CC=C)c3ccccc3)[C@@]3(C)OC12CC3C. The summed E-state index contributed by atoms with van der Waals surface area (Å²) in [6.45, 7) is 16.4. The molecule has 0 saturated carbocycles. The minimum absolute atomic E-state index is 0.105. The molecule has 0 aliphatic carbocycles. The highest BCUT2D eigenvalue weighted by atomic mass is 16.5. The first-order chi connectivity index (χ1) is 21.5. The van der Waals surface area contributed by atoms with Crippen LogP contribution in [0.3, 0.4) is 0 Å². The molecule has 0 aromatic heterocycles. The van der Waals surface area contributed by atoms with Crippen LogP contribution in [0, 0.1) is 23.7 Å². The zero-order valence-corrected chi connectivity index (χ0v) is 27.0. The van der Waals surface area contributed by atoms with E-state index in [4.69, 9.17) is 4.74 Å². The second-order valence-electron chi connectivity index (χ2n) is 13.5. The van der Waals surface area contributed by atoms with Gasteiger partial charge in [0.05, 0.1) is 30.1 Å². The number of para-hydroxylation sites is 1. The Labute approximate surface area is 267 Å². The monoisotopic (exact) mass is 613 g/mol. The number of nitrogens with zero attached hydrogens (tertiary/aromatic N) is 3. The highest BCUT2D eigenvalue weighted by molar-refractivity contribution is 6.03. The Balaban J connectivity index is 1.63. The van der Waals surface area contributed by atoms with Crippen LogP contribution in [-0.2, 0) is 25.7 Å². The topological polar surface area (TPSA) is 90.4 Å². The quantitative estimate of drug-likeness (QED) is 0.327. The van der Waals surface area contributed by atoms with Crippen LogP contribution in [0.25, 0.3) is 0 Å². The van der Waals surface area contributed by atoms with Crippen LogP contribution in [0.1, 0.15) is 46.1 Å². The maximum absolute atomic E-state index is 14.9. The largest absolute Gasteiger partial charge is 0.394 e. The predicted molar refractivity (Wildman–Crippen MR) is 175 cm³/mol. The van der Waals surface area contributed by atoms with Crippen LogP contribution >= 0.6 is 0 Å². The molecule has 3 fully saturated rings. The Hall–Kier alpha value is -3.75. The Kier molecular flexibility index (Phi) is 9.38. The fourth-order valence-electron chi connectivity index (χ4n) is 8.14. The van der Waals surface area contributed by atoms with Crippen molar-refractivity contribution in [3.63, 3.8) is 0 Å². The lowest BCUT2D eigenvalue weighted by atomic mass is 9.62. The van der Waals surface area contributed by atoms with Crippen molar-refractivity contribution >= 4 is 23.4 Å². The van der Waals surface area contributed by atoms with Gasteiger partial charge in [-0.2, -0.15) is 0 Å². The zero-order chi connectivity index (χ0) is 32.5. The number of hydrogen-bond donors (Lipinski definition) is 1. The third kappa shape index (κ3) is 5.52. The van der Waals surface area contributed by atoms with E-state index in [0.29, 0.717) is 25.1 Å². The average Bonchev–Trinajstić information content (AvgIpc) is 3.55. The van der Waals surface area contributed by atoms with Gasteiger partial charge in [0.2, 0.25) is 17.7 Å². The first-order valence-corrected chi connectivity index (χ1v) is 16.1. The summed E-state index contributed by atoms with van der Waals surface area (Å²) in [5.41, 5.74) is -0.532. The summed E-state index contributed by atoms with van der Waals surface area (Å²) in [5.74, 6) is -2.43. The first kappa shape index (κ1) is 32.6. The van der Waals surface area contributed by atoms with Gasteiger partial charge in [0.1, 0.15) is 11.6 Å². The number of ether oxygens (including phenoxy) is 1. The van der Waals surface area contributed by atoms with Crippen molar-refractivity contribution in [1.29, 1.82) is 0 Å². The van der Waals surface area contributed by atoms with Gasteiger partial charge in [0.15, 0.2) is 0 Å². The summed E-state index contributed by atoms with van der Waals surface area (Å²) in [7, 11) is 0. The Morgan fingerprint density at radius 2 is 1.67 bits per heavy atom. The van der Waals surface area contributed by atoms with Crippen LogP contribution in [-0.4, -0.2) is 75.6 Å². The van der Waals surface area contributed by atoms with Crippen LogP contribution in [0.5, 0.6) is 0 Å². The molecular weight excluding hydrogens is 566 g/mol. The fraction of sp³-hybridized carbons (Fsp3) is 0.486. The van der Waals surface area contributed by atoms with Gasteiger partial charge in [-0.05, 0) is 49.3 Å². The third-order valence-electron chi connectivity index (χ3n) is 10.1. The molecule has 3 unspecified atom stereocenters. The van der Waals surface area contributed by atoms with Gasteiger partial charge in [0.25, 0.3) is 0 Å². The van der Waals surface area contributed by atoms with Gasteiger partial charge >= 0.3 is 0 Å². The van der Waals surface area contributed by atoms with Crippen molar-refractivity contribution in [3.8, 4) is 0 Å². The van der Waals surface area contributed by atoms with Gasteiger partial charge in [-0.25, -0.2) is 0 Å². The number of amides is 3. The number of fused-ring (bicyclic) bond motifs is 1. The molecule has 3 amide bonds. The van der Waals surface area contributed by atoms with Crippen molar-refractivity contribution in [2.75, 3.05) is 24.6 Å². The Morgan fingerprint density at radius 3 is 2.24 bits per heavy atom. The minimum atomic E-state index is -1.22. The molecule has 3 heterocycles. The summed E-state index contributed by atoms with van der Waals surface area (Å²) in [6.07, 6.45) is 4.32. The van der Waals surface area contributed by atoms with E-state index >= 15 is 0 Å². The lowest BCUT2D eigenvalue weighted by Gasteiger charge is -2.40. The molecule has 3 aliphatic heterocycles. The van der Waals surface area contributed by atoms with Gasteiger partial charge in [-0.3, -0.25) is 14.4 Å². The van der Waals surface area contributed by atoms with E-state index in [1.807, 2.05) is 88.4 Å². The second-order valence-corrected chi connectivity index (χ2v) is 13.5. The Morgan fingerprint density at radius 1 is 1.04 bits per heavy atom. The second kappa shape index (κ2) is 12.9. The molecule has 45 heavy (non-hydrogen) atoms. The number of aliphatic hydroxyl groups excluding tert-OH is 1. The van der Waals surface area contributed by atoms with Crippen molar-refractivity contribution in [3.05, 3.63) is 91.5 Å². The fourth-order valence-corrected chi connectivity index (χ4v) is 8.14. The number of likely N-dealkylation sites (tertiary alicyclic amines) is 1. The molecule has 2 bridgehead atoms. The van der Waals surface area contributed by atoms with Crippen molar-refractivity contribution in [2.24, 2.45) is 23.7 Å². The smallest absolute Gasteiger partial charge is 0.249 e. The lowest BCUT2D eigenvalue weighted by molar-refractivity contribution is -0.156. The van der Waals surface area contributed by atoms with Gasteiger partial charge in [-0.1, -0.05) is 81.5 Å². The number of hydrogen-bond acceptors (Lipinski definition) is 5. The van der Waals surface area contributed by atoms with Crippen molar-refractivity contribution in [2.45, 2.75) is 70.4 Å². The summed E-state index contributed by atoms with van der Waals surface area (Å²) in [6, 6.07) is 17.5. The molecule has 3 saturated heterocycles. The molecule has 3 aliphatic rings. The first-order valence-electron chi connectivity index (χ1n) is 16.1. The van der Waals surface area contributed by atoms with E-state index in [2.05, 4.69) is 13.2 Å². The summed E-state index contributed by atoms with van der Waals surface area (Å²) in [4.78, 5) is 49.4. The number of aliphatic hydroxyl groups is 1. The molecule has 2 aromatic carbocycles. The Bertz CT molecular complexity index is 1410. The van der Waals surface area contributed by atoms with Crippen LogP contribution in [0.2, 0.25) is 0 Å². The number of benzene rings is 2. The highest BCUT2D eigenvalue weighted by Crippen LogP contribution is 2.66. The van der Waals surface area contributed by atoms with E-state index in [-0.39, 0.29) is 49.3 Å². The summed E-state index contributed by atoms with van der Waals surface area (Å²) < 4.78 is 7.00. The number of carbonyl (C=O) groups excluding carboxylic acids is 3. The van der Waals surface area contributed by atoms with E-state index in [1.165, 1.54) is 0 Å². The van der Waals surface area contributed by atoms with Gasteiger partial charge < -0.3 is 24.5 Å². The van der Waals surface area contributed by atoms with E-state index < -0.39 is 35.1 Å². The molecule has 8 nitrogen and oxygen atoms in total.